The van der Waals surface area contributed by atoms with E-state index in [1.165, 1.54) is 6.33 Å². The molecule has 1 aliphatic carbocycles. The van der Waals surface area contributed by atoms with Crippen LogP contribution in [-0.4, -0.2) is 37.8 Å². The Hall–Kier alpha value is -2.70. The van der Waals surface area contributed by atoms with Crippen LogP contribution in [0, 0.1) is 5.92 Å². The second-order valence-corrected chi connectivity index (χ2v) is 5.71. The minimum atomic E-state index is -0.752. The maximum atomic E-state index is 12.2. The minimum Gasteiger partial charge on any atom is -0.481 e. The van der Waals surface area contributed by atoms with Gasteiger partial charge in [0, 0.05) is 6.04 Å². The van der Waals surface area contributed by atoms with Gasteiger partial charge in [0.05, 0.1) is 11.6 Å². The van der Waals surface area contributed by atoms with Crippen LogP contribution in [0.4, 0.5) is 0 Å². The van der Waals surface area contributed by atoms with Gasteiger partial charge >= 0.3 is 5.97 Å². The number of rotatable bonds is 4. The first-order valence-corrected chi connectivity index (χ1v) is 7.64. The average Bonchev–Trinajstić information content (AvgIpc) is 3.06. The van der Waals surface area contributed by atoms with Crippen LogP contribution in [0.25, 0.3) is 5.69 Å². The molecule has 120 valence electrons. The lowest BCUT2D eigenvalue weighted by atomic mass is 9.86. The lowest BCUT2D eigenvalue weighted by Crippen LogP contribution is -2.39. The summed E-state index contributed by atoms with van der Waals surface area (Å²) in [6.45, 7) is 0. The van der Waals surface area contributed by atoms with Gasteiger partial charge in [-0.25, -0.2) is 9.67 Å². The van der Waals surface area contributed by atoms with E-state index in [1.807, 2.05) is 30.3 Å². The van der Waals surface area contributed by atoms with E-state index in [0.717, 1.165) is 5.69 Å². The van der Waals surface area contributed by atoms with E-state index in [-0.39, 0.29) is 23.7 Å². The van der Waals surface area contributed by atoms with E-state index in [0.29, 0.717) is 25.7 Å². The molecule has 0 bridgehead atoms. The third-order valence-corrected chi connectivity index (χ3v) is 4.13. The number of carboxylic acids is 1. The lowest BCUT2D eigenvalue weighted by Gasteiger charge is -2.26. The molecule has 3 rings (SSSR count). The van der Waals surface area contributed by atoms with Gasteiger partial charge in [-0.05, 0) is 37.8 Å². The molecule has 7 nitrogen and oxygen atoms in total. The topological polar surface area (TPSA) is 97.1 Å². The maximum absolute atomic E-state index is 12.2. The Labute approximate surface area is 133 Å². The third kappa shape index (κ3) is 3.56. The monoisotopic (exact) mass is 314 g/mol. The fourth-order valence-electron chi connectivity index (χ4n) is 2.81. The molecule has 0 radical (unpaired) electrons. The first kappa shape index (κ1) is 15.2. The van der Waals surface area contributed by atoms with E-state index < -0.39 is 5.97 Å². The molecule has 23 heavy (non-hydrogen) atoms. The van der Waals surface area contributed by atoms with Crippen LogP contribution in [0.5, 0.6) is 0 Å². The molecule has 0 aliphatic heterocycles. The number of hydrogen-bond donors (Lipinski definition) is 2. The van der Waals surface area contributed by atoms with Gasteiger partial charge in [-0.3, -0.25) is 9.59 Å². The van der Waals surface area contributed by atoms with Gasteiger partial charge in [0.25, 0.3) is 5.91 Å². The minimum absolute atomic E-state index is 0.0122. The first-order chi connectivity index (χ1) is 11.1. The number of nitrogens with one attached hydrogen (secondary N) is 1. The number of carboxylic acid groups (broad SMARTS) is 1. The summed E-state index contributed by atoms with van der Waals surface area (Å²) in [5, 5.41) is 16.1. The van der Waals surface area contributed by atoms with Crippen molar-refractivity contribution in [2.45, 2.75) is 31.7 Å². The van der Waals surface area contributed by atoms with Gasteiger partial charge < -0.3 is 10.4 Å². The Morgan fingerprint density at radius 3 is 2.48 bits per heavy atom. The van der Waals surface area contributed by atoms with Crippen molar-refractivity contribution >= 4 is 11.9 Å². The summed E-state index contributed by atoms with van der Waals surface area (Å²) in [6, 6.07) is 9.42. The molecule has 1 aromatic carbocycles. The molecular weight excluding hydrogens is 296 g/mol. The number of carbonyl (C=O) groups is 2. The van der Waals surface area contributed by atoms with E-state index in [2.05, 4.69) is 15.4 Å². The van der Waals surface area contributed by atoms with Gasteiger partial charge in [-0.2, -0.15) is 0 Å². The number of amides is 1. The van der Waals surface area contributed by atoms with E-state index >= 15 is 0 Å². The van der Waals surface area contributed by atoms with Crippen LogP contribution >= 0.6 is 0 Å². The molecule has 0 atom stereocenters. The smallest absolute Gasteiger partial charge is 0.306 e. The number of hydrogen-bond acceptors (Lipinski definition) is 4. The zero-order chi connectivity index (χ0) is 16.2. The fourth-order valence-corrected chi connectivity index (χ4v) is 2.81. The number of aromatic nitrogens is 3. The van der Waals surface area contributed by atoms with Crippen LogP contribution in [0.3, 0.4) is 0 Å². The highest BCUT2D eigenvalue weighted by atomic mass is 16.4. The lowest BCUT2D eigenvalue weighted by molar-refractivity contribution is -0.142. The van der Waals surface area contributed by atoms with Gasteiger partial charge in [0.15, 0.2) is 0 Å². The summed E-state index contributed by atoms with van der Waals surface area (Å²) in [4.78, 5) is 27.2. The molecule has 1 saturated carbocycles. The highest BCUT2D eigenvalue weighted by Crippen LogP contribution is 2.24. The van der Waals surface area contributed by atoms with Gasteiger partial charge in [0.2, 0.25) is 5.82 Å². The van der Waals surface area contributed by atoms with E-state index in [9.17, 15) is 9.59 Å². The molecule has 2 aromatic rings. The van der Waals surface area contributed by atoms with E-state index in [4.69, 9.17) is 5.11 Å². The van der Waals surface area contributed by atoms with Crippen molar-refractivity contribution in [1.82, 2.24) is 20.1 Å². The predicted molar refractivity (Wildman–Crippen MR) is 82.2 cm³/mol. The van der Waals surface area contributed by atoms with Gasteiger partial charge in [0.1, 0.15) is 6.33 Å². The van der Waals surface area contributed by atoms with Gasteiger partial charge in [-0.15, -0.1) is 5.10 Å². The maximum Gasteiger partial charge on any atom is 0.306 e. The molecule has 2 N–H and O–H groups in total. The number of carbonyl (C=O) groups excluding carboxylic acids is 1. The standard InChI is InChI=1S/C16H18N4O3/c21-15(18-12-8-6-11(7-9-12)16(22)23)14-17-10-20(19-14)13-4-2-1-3-5-13/h1-5,10-12H,6-9H2,(H,18,21)(H,22,23). The fraction of sp³-hybridized carbons (Fsp3) is 0.375. The van der Waals surface area contributed by atoms with Crippen LogP contribution in [0.2, 0.25) is 0 Å². The number of para-hydroxylation sites is 1. The first-order valence-electron chi connectivity index (χ1n) is 7.64. The highest BCUT2D eigenvalue weighted by Gasteiger charge is 2.27. The average molecular weight is 314 g/mol. The van der Waals surface area contributed by atoms with Crippen LogP contribution in [0.1, 0.15) is 36.3 Å². The predicted octanol–water partition coefficient (Wildman–Crippen LogP) is 1.64. The molecule has 1 aliphatic rings. The molecule has 1 amide bonds. The highest BCUT2D eigenvalue weighted by molar-refractivity contribution is 5.90. The summed E-state index contributed by atoms with van der Waals surface area (Å²) in [5.74, 6) is -1.25. The summed E-state index contributed by atoms with van der Waals surface area (Å²) < 4.78 is 1.55. The molecule has 0 saturated heterocycles. The Balaban J connectivity index is 1.59. The second kappa shape index (κ2) is 6.60. The van der Waals surface area contributed by atoms with Crippen LogP contribution in [0.15, 0.2) is 36.7 Å². The number of nitrogens with zero attached hydrogens (tertiary/aromatic N) is 3. The van der Waals surface area contributed by atoms with Crippen molar-refractivity contribution < 1.29 is 14.7 Å². The molecule has 1 fully saturated rings. The quantitative estimate of drug-likeness (QED) is 0.894. The summed E-state index contributed by atoms with van der Waals surface area (Å²) in [6.07, 6.45) is 4.02. The molecular formula is C16H18N4O3. The second-order valence-electron chi connectivity index (χ2n) is 5.71. The normalized spacial score (nSPS) is 20.9. The Bertz CT molecular complexity index is 690. The van der Waals surface area contributed by atoms with Crippen molar-refractivity contribution in [3.63, 3.8) is 0 Å². The molecule has 1 heterocycles. The third-order valence-electron chi connectivity index (χ3n) is 4.13. The molecule has 0 unspecified atom stereocenters. The zero-order valence-electron chi connectivity index (χ0n) is 12.6. The van der Waals surface area contributed by atoms with Gasteiger partial charge in [-0.1, -0.05) is 18.2 Å². The van der Waals surface area contributed by atoms with Crippen molar-refractivity contribution in [2.75, 3.05) is 0 Å². The van der Waals surface area contributed by atoms with Crippen LogP contribution < -0.4 is 5.32 Å². The number of aliphatic carboxylic acids is 1. The molecule has 7 heteroatoms. The molecule has 1 aromatic heterocycles. The van der Waals surface area contributed by atoms with Crippen molar-refractivity contribution in [3.05, 3.63) is 42.5 Å². The Morgan fingerprint density at radius 1 is 1.13 bits per heavy atom. The summed E-state index contributed by atoms with van der Waals surface area (Å²) >= 11 is 0. The Kier molecular flexibility index (Phi) is 4.36. The van der Waals surface area contributed by atoms with E-state index in [1.54, 1.807) is 4.68 Å². The SMILES string of the molecule is O=C(NC1CCC(C(=O)O)CC1)c1ncn(-c2ccccc2)n1. The zero-order valence-corrected chi connectivity index (χ0v) is 12.6. The summed E-state index contributed by atoms with van der Waals surface area (Å²) in [7, 11) is 0. The largest absolute Gasteiger partial charge is 0.481 e. The van der Waals surface area contributed by atoms with Crippen molar-refractivity contribution in [2.24, 2.45) is 5.92 Å². The number of benzene rings is 1. The Morgan fingerprint density at radius 2 is 1.83 bits per heavy atom. The van der Waals surface area contributed by atoms with Crippen molar-refractivity contribution in [1.29, 1.82) is 0 Å². The molecule has 0 spiro atoms. The summed E-state index contributed by atoms with van der Waals surface area (Å²) in [5.41, 5.74) is 0.834. The van der Waals surface area contributed by atoms with Crippen LogP contribution in [-0.2, 0) is 4.79 Å². The van der Waals surface area contributed by atoms with Crippen molar-refractivity contribution in [3.8, 4) is 5.69 Å².